The van der Waals surface area contributed by atoms with E-state index in [1.165, 1.54) is 5.56 Å². The molecule has 0 bridgehead atoms. The van der Waals surface area contributed by atoms with E-state index >= 15 is 0 Å². The Balaban J connectivity index is 2.66. The van der Waals surface area contributed by atoms with Crippen LogP contribution in [-0.4, -0.2) is 37.3 Å². The van der Waals surface area contributed by atoms with E-state index in [9.17, 15) is 5.11 Å². The average molecular weight is 265 g/mol. The fourth-order valence-corrected chi connectivity index (χ4v) is 2.64. The van der Waals surface area contributed by atoms with Gasteiger partial charge >= 0.3 is 0 Å². The highest BCUT2D eigenvalue weighted by Gasteiger charge is 2.24. The number of hydrogen-bond acceptors (Lipinski definition) is 3. The molecule has 1 N–H and O–H groups in total. The Hall–Kier alpha value is -1.06. The molecule has 1 aromatic carbocycles. The molecule has 0 aliphatic heterocycles. The molecule has 19 heavy (non-hydrogen) atoms. The summed E-state index contributed by atoms with van der Waals surface area (Å²) in [6.45, 7) is 6.26. The van der Waals surface area contributed by atoms with E-state index < -0.39 is 0 Å². The Labute approximate surface area is 117 Å². The van der Waals surface area contributed by atoms with Crippen LogP contribution in [0.1, 0.15) is 32.3 Å². The van der Waals surface area contributed by atoms with Crippen LogP contribution in [0.3, 0.4) is 0 Å². The van der Waals surface area contributed by atoms with Gasteiger partial charge in [0.2, 0.25) is 0 Å². The fraction of sp³-hybridized carbons (Fsp3) is 0.625. The zero-order chi connectivity index (χ0) is 14.3. The van der Waals surface area contributed by atoms with E-state index in [1.807, 2.05) is 18.2 Å². The first-order valence-corrected chi connectivity index (χ1v) is 6.96. The highest BCUT2D eigenvalue weighted by Crippen LogP contribution is 2.25. The second-order valence-electron chi connectivity index (χ2n) is 5.70. The van der Waals surface area contributed by atoms with Crippen molar-refractivity contribution in [3.8, 4) is 5.75 Å². The van der Waals surface area contributed by atoms with Crippen LogP contribution in [0.4, 0.5) is 0 Å². The summed E-state index contributed by atoms with van der Waals surface area (Å²) in [7, 11) is 3.80. The zero-order valence-corrected chi connectivity index (χ0v) is 12.6. The number of ether oxygens (including phenoxy) is 1. The highest BCUT2D eigenvalue weighted by molar-refractivity contribution is 5.33. The number of hydrogen-bond donors (Lipinski definition) is 1. The van der Waals surface area contributed by atoms with Gasteiger partial charge in [-0.25, -0.2) is 0 Å². The third kappa shape index (κ3) is 4.84. The van der Waals surface area contributed by atoms with Gasteiger partial charge < -0.3 is 14.7 Å². The SMILES string of the molecule is CCCC(C)(CO)CN(C)Cc1ccccc1OC. The van der Waals surface area contributed by atoms with E-state index in [1.54, 1.807) is 7.11 Å². The van der Waals surface area contributed by atoms with Gasteiger partial charge in [0, 0.05) is 30.7 Å². The number of aliphatic hydroxyl groups is 1. The molecule has 0 heterocycles. The first-order valence-electron chi connectivity index (χ1n) is 6.96. The summed E-state index contributed by atoms with van der Waals surface area (Å²) >= 11 is 0. The van der Waals surface area contributed by atoms with Crippen LogP contribution >= 0.6 is 0 Å². The molecule has 108 valence electrons. The Bertz CT molecular complexity index is 381. The van der Waals surface area contributed by atoms with E-state index in [2.05, 4.69) is 31.9 Å². The molecule has 0 aromatic heterocycles. The van der Waals surface area contributed by atoms with Gasteiger partial charge in [0.15, 0.2) is 0 Å². The Morgan fingerprint density at radius 2 is 2.00 bits per heavy atom. The fourth-order valence-electron chi connectivity index (χ4n) is 2.64. The summed E-state index contributed by atoms with van der Waals surface area (Å²) in [5.41, 5.74) is 1.16. The summed E-state index contributed by atoms with van der Waals surface area (Å²) in [4.78, 5) is 2.25. The predicted molar refractivity (Wildman–Crippen MR) is 79.4 cm³/mol. The molecule has 0 aliphatic rings. The van der Waals surface area contributed by atoms with Gasteiger partial charge in [0.1, 0.15) is 5.75 Å². The number of aliphatic hydroxyl groups excluding tert-OH is 1. The molecule has 0 aliphatic carbocycles. The second kappa shape index (κ2) is 7.51. The minimum atomic E-state index is -0.0223. The van der Waals surface area contributed by atoms with E-state index in [0.29, 0.717) is 0 Å². The number of para-hydroxylation sites is 1. The van der Waals surface area contributed by atoms with Crippen LogP contribution in [0.2, 0.25) is 0 Å². The Morgan fingerprint density at radius 3 is 2.58 bits per heavy atom. The van der Waals surface area contributed by atoms with Gasteiger partial charge in [0.25, 0.3) is 0 Å². The third-order valence-corrected chi connectivity index (χ3v) is 3.52. The van der Waals surface area contributed by atoms with Gasteiger partial charge in [-0.2, -0.15) is 0 Å². The third-order valence-electron chi connectivity index (χ3n) is 3.52. The molecule has 3 heteroatoms. The van der Waals surface area contributed by atoms with Crippen molar-refractivity contribution in [2.24, 2.45) is 5.41 Å². The molecule has 1 aromatic rings. The van der Waals surface area contributed by atoms with Crippen molar-refractivity contribution in [1.82, 2.24) is 4.90 Å². The van der Waals surface area contributed by atoms with Gasteiger partial charge in [-0.3, -0.25) is 0 Å². The molecule has 0 saturated heterocycles. The molecule has 0 spiro atoms. The largest absolute Gasteiger partial charge is 0.496 e. The van der Waals surface area contributed by atoms with Gasteiger partial charge in [-0.15, -0.1) is 0 Å². The standard InChI is InChI=1S/C16H27NO2/c1-5-10-16(2,13-18)12-17(3)11-14-8-6-7-9-15(14)19-4/h6-9,18H,5,10-13H2,1-4H3. The molecule has 1 unspecified atom stereocenters. The molecule has 0 fully saturated rings. The topological polar surface area (TPSA) is 32.7 Å². The van der Waals surface area contributed by atoms with Crippen molar-refractivity contribution in [2.45, 2.75) is 33.2 Å². The maximum atomic E-state index is 9.58. The van der Waals surface area contributed by atoms with Gasteiger partial charge in [0.05, 0.1) is 7.11 Å². The number of benzene rings is 1. The summed E-state index contributed by atoms with van der Waals surface area (Å²) in [5.74, 6) is 0.926. The molecule has 1 rings (SSSR count). The van der Waals surface area contributed by atoms with Crippen molar-refractivity contribution in [2.75, 3.05) is 27.3 Å². The lowest BCUT2D eigenvalue weighted by Crippen LogP contribution is -2.36. The van der Waals surface area contributed by atoms with Crippen LogP contribution in [0.25, 0.3) is 0 Å². The van der Waals surface area contributed by atoms with Crippen LogP contribution in [0, 0.1) is 5.41 Å². The molecule has 0 saturated carbocycles. The quantitative estimate of drug-likeness (QED) is 0.784. The van der Waals surface area contributed by atoms with Crippen molar-refractivity contribution in [3.63, 3.8) is 0 Å². The lowest BCUT2D eigenvalue weighted by molar-refractivity contribution is 0.0875. The number of nitrogens with zero attached hydrogens (tertiary/aromatic N) is 1. The zero-order valence-electron chi connectivity index (χ0n) is 12.6. The van der Waals surface area contributed by atoms with E-state index in [4.69, 9.17) is 4.74 Å². The highest BCUT2D eigenvalue weighted by atomic mass is 16.5. The monoisotopic (exact) mass is 265 g/mol. The summed E-state index contributed by atoms with van der Waals surface area (Å²) in [5, 5.41) is 9.58. The molecule has 0 radical (unpaired) electrons. The number of methoxy groups -OCH3 is 1. The molecule has 1 atom stereocenters. The molecular weight excluding hydrogens is 238 g/mol. The minimum Gasteiger partial charge on any atom is -0.496 e. The predicted octanol–water partition coefficient (Wildman–Crippen LogP) is 2.93. The smallest absolute Gasteiger partial charge is 0.123 e. The number of rotatable bonds is 8. The summed E-state index contributed by atoms with van der Waals surface area (Å²) < 4.78 is 5.37. The van der Waals surface area contributed by atoms with Crippen molar-refractivity contribution < 1.29 is 9.84 Å². The van der Waals surface area contributed by atoms with Crippen LogP contribution in [-0.2, 0) is 6.54 Å². The van der Waals surface area contributed by atoms with Crippen LogP contribution < -0.4 is 4.74 Å². The van der Waals surface area contributed by atoms with Crippen molar-refractivity contribution >= 4 is 0 Å². The van der Waals surface area contributed by atoms with Gasteiger partial charge in [-0.1, -0.05) is 38.5 Å². The lowest BCUT2D eigenvalue weighted by Gasteiger charge is -2.32. The van der Waals surface area contributed by atoms with Crippen LogP contribution in [0.15, 0.2) is 24.3 Å². The first kappa shape index (κ1) is 16.0. The average Bonchev–Trinajstić information content (AvgIpc) is 2.39. The Morgan fingerprint density at radius 1 is 1.32 bits per heavy atom. The molecule has 3 nitrogen and oxygen atoms in total. The van der Waals surface area contributed by atoms with E-state index in [-0.39, 0.29) is 12.0 Å². The van der Waals surface area contributed by atoms with Crippen LogP contribution in [0.5, 0.6) is 5.75 Å². The Kier molecular flexibility index (Phi) is 6.32. The molecular formula is C16H27NO2. The summed E-state index contributed by atoms with van der Waals surface area (Å²) in [6, 6.07) is 8.09. The van der Waals surface area contributed by atoms with Gasteiger partial charge in [-0.05, 0) is 19.5 Å². The van der Waals surface area contributed by atoms with E-state index in [0.717, 1.165) is 31.7 Å². The van der Waals surface area contributed by atoms with Crippen molar-refractivity contribution in [3.05, 3.63) is 29.8 Å². The minimum absolute atomic E-state index is 0.0223. The van der Waals surface area contributed by atoms with Crippen molar-refractivity contribution in [1.29, 1.82) is 0 Å². The molecule has 0 amide bonds. The summed E-state index contributed by atoms with van der Waals surface area (Å²) in [6.07, 6.45) is 2.14. The first-order chi connectivity index (χ1) is 9.04. The lowest BCUT2D eigenvalue weighted by atomic mass is 9.86. The maximum Gasteiger partial charge on any atom is 0.123 e. The second-order valence-corrected chi connectivity index (χ2v) is 5.70. The maximum absolute atomic E-state index is 9.58. The normalized spacial score (nSPS) is 14.4.